The highest BCUT2D eigenvalue weighted by Crippen LogP contribution is 2.30. The lowest BCUT2D eigenvalue weighted by atomic mass is 9.97. The van der Waals surface area contributed by atoms with Gasteiger partial charge in [-0.2, -0.15) is 0 Å². The van der Waals surface area contributed by atoms with Crippen LogP contribution in [0, 0.1) is 0 Å². The number of Topliss-reactive ketones (excluding diaryl/α,β-unsaturated/α-hetero) is 1. The number of rotatable bonds is 3. The topological polar surface area (TPSA) is 49.3 Å². The van der Waals surface area contributed by atoms with Crippen molar-refractivity contribution in [3.8, 4) is 0 Å². The fraction of sp³-hybridized carbons (Fsp3) is 0.167. The Hall–Kier alpha value is -2.39. The molecule has 3 nitrogen and oxygen atoms in total. The standard InChI is InChI=1S/C18H17NO2/c20-10-9-19-12-17-15-7-3-1-5-13(15)11-14-6-2-4-8-16(14)18(17)21/h1-8,12,19-20H,9-11H2/b17-12+. The third kappa shape index (κ3) is 2.60. The second-order valence-electron chi connectivity index (χ2n) is 5.06. The minimum Gasteiger partial charge on any atom is -0.395 e. The van der Waals surface area contributed by atoms with Gasteiger partial charge in [0.1, 0.15) is 0 Å². The Labute approximate surface area is 123 Å². The number of fused-ring (bicyclic) bond motifs is 2. The first kappa shape index (κ1) is 13.6. The Bertz CT molecular complexity index is 704. The highest BCUT2D eigenvalue weighted by molar-refractivity contribution is 6.30. The number of carbonyl (C=O) groups excluding carboxylic acids is 1. The van der Waals surface area contributed by atoms with E-state index < -0.39 is 0 Å². The number of allylic oxidation sites excluding steroid dienone is 1. The number of aliphatic hydroxyl groups is 1. The zero-order chi connectivity index (χ0) is 14.7. The van der Waals surface area contributed by atoms with Gasteiger partial charge in [0.25, 0.3) is 0 Å². The maximum atomic E-state index is 12.8. The summed E-state index contributed by atoms with van der Waals surface area (Å²) < 4.78 is 0. The van der Waals surface area contributed by atoms with Crippen LogP contribution in [-0.4, -0.2) is 24.0 Å². The van der Waals surface area contributed by atoms with Crippen LogP contribution in [0.4, 0.5) is 0 Å². The molecule has 2 aromatic carbocycles. The molecule has 0 atom stereocenters. The van der Waals surface area contributed by atoms with Crippen molar-refractivity contribution in [2.75, 3.05) is 13.2 Å². The van der Waals surface area contributed by atoms with Crippen molar-refractivity contribution in [3.63, 3.8) is 0 Å². The molecule has 1 aliphatic carbocycles. The van der Waals surface area contributed by atoms with E-state index >= 15 is 0 Å². The highest BCUT2D eigenvalue weighted by atomic mass is 16.3. The summed E-state index contributed by atoms with van der Waals surface area (Å²) in [4.78, 5) is 12.8. The van der Waals surface area contributed by atoms with Crippen molar-refractivity contribution in [1.29, 1.82) is 0 Å². The monoisotopic (exact) mass is 279 g/mol. The maximum Gasteiger partial charge on any atom is 0.195 e. The fourth-order valence-corrected chi connectivity index (χ4v) is 2.69. The van der Waals surface area contributed by atoms with Crippen LogP contribution in [0.3, 0.4) is 0 Å². The number of aliphatic hydroxyl groups excluding tert-OH is 1. The van der Waals surface area contributed by atoms with Gasteiger partial charge >= 0.3 is 0 Å². The van der Waals surface area contributed by atoms with Crippen LogP contribution in [-0.2, 0) is 6.42 Å². The first-order chi connectivity index (χ1) is 10.3. The molecule has 106 valence electrons. The quantitative estimate of drug-likeness (QED) is 0.670. The molecule has 0 saturated heterocycles. The fourth-order valence-electron chi connectivity index (χ4n) is 2.69. The predicted octanol–water partition coefficient (Wildman–Crippen LogP) is 2.40. The van der Waals surface area contributed by atoms with Crippen molar-refractivity contribution in [1.82, 2.24) is 5.32 Å². The summed E-state index contributed by atoms with van der Waals surface area (Å²) in [5, 5.41) is 11.9. The lowest BCUT2D eigenvalue weighted by molar-refractivity contribution is 0.105. The summed E-state index contributed by atoms with van der Waals surface area (Å²) in [5.41, 5.74) is 4.58. The minimum atomic E-state index is 0.0287. The second-order valence-corrected chi connectivity index (χ2v) is 5.06. The number of carbonyl (C=O) groups is 1. The molecule has 3 rings (SSSR count). The summed E-state index contributed by atoms with van der Waals surface area (Å²) in [6.07, 6.45) is 2.48. The molecule has 0 spiro atoms. The van der Waals surface area contributed by atoms with E-state index in [-0.39, 0.29) is 12.4 Å². The van der Waals surface area contributed by atoms with Crippen LogP contribution in [0.5, 0.6) is 0 Å². The molecule has 0 unspecified atom stereocenters. The smallest absolute Gasteiger partial charge is 0.195 e. The predicted molar refractivity (Wildman–Crippen MR) is 83.1 cm³/mol. The van der Waals surface area contributed by atoms with Gasteiger partial charge in [-0.25, -0.2) is 0 Å². The van der Waals surface area contributed by atoms with E-state index in [1.807, 2.05) is 42.5 Å². The first-order valence-corrected chi connectivity index (χ1v) is 7.06. The van der Waals surface area contributed by atoms with Crippen LogP contribution in [0.1, 0.15) is 27.0 Å². The van der Waals surface area contributed by atoms with Gasteiger partial charge in [0.05, 0.1) is 6.61 Å². The van der Waals surface area contributed by atoms with Crippen LogP contribution < -0.4 is 5.32 Å². The van der Waals surface area contributed by atoms with E-state index in [0.29, 0.717) is 12.1 Å². The first-order valence-electron chi connectivity index (χ1n) is 7.06. The zero-order valence-corrected chi connectivity index (χ0v) is 11.7. The Morgan fingerprint density at radius 3 is 2.33 bits per heavy atom. The van der Waals surface area contributed by atoms with Crippen LogP contribution in [0.2, 0.25) is 0 Å². The number of nitrogens with one attached hydrogen (secondary N) is 1. The summed E-state index contributed by atoms with van der Waals surface area (Å²) in [6, 6.07) is 15.7. The molecule has 2 N–H and O–H groups in total. The van der Waals surface area contributed by atoms with E-state index in [1.165, 1.54) is 0 Å². The maximum absolute atomic E-state index is 12.8. The van der Waals surface area contributed by atoms with E-state index in [1.54, 1.807) is 6.20 Å². The number of hydrogen-bond acceptors (Lipinski definition) is 3. The molecule has 0 radical (unpaired) electrons. The van der Waals surface area contributed by atoms with Gasteiger partial charge in [-0.3, -0.25) is 4.79 Å². The molecule has 0 saturated carbocycles. The van der Waals surface area contributed by atoms with Gasteiger partial charge < -0.3 is 10.4 Å². The molecule has 0 aliphatic heterocycles. The molecule has 2 aromatic rings. The Morgan fingerprint density at radius 1 is 1.00 bits per heavy atom. The molecule has 3 heteroatoms. The molecule has 0 fully saturated rings. The Kier molecular flexibility index (Phi) is 3.84. The van der Waals surface area contributed by atoms with Crippen molar-refractivity contribution in [2.45, 2.75) is 6.42 Å². The summed E-state index contributed by atoms with van der Waals surface area (Å²) >= 11 is 0. The number of benzene rings is 2. The molecular formula is C18H17NO2. The normalized spacial score (nSPS) is 15.3. The summed E-state index contributed by atoms with van der Waals surface area (Å²) in [7, 11) is 0. The van der Waals surface area contributed by atoms with E-state index in [9.17, 15) is 4.79 Å². The van der Waals surface area contributed by atoms with Crippen molar-refractivity contribution in [3.05, 3.63) is 77.0 Å². The average Bonchev–Trinajstić information content (AvgIpc) is 2.63. The molecule has 1 aliphatic rings. The third-order valence-corrected chi connectivity index (χ3v) is 3.70. The Morgan fingerprint density at radius 2 is 1.62 bits per heavy atom. The largest absolute Gasteiger partial charge is 0.395 e. The molecule has 0 aromatic heterocycles. The van der Waals surface area contributed by atoms with Crippen LogP contribution >= 0.6 is 0 Å². The van der Waals surface area contributed by atoms with Crippen LogP contribution in [0.25, 0.3) is 5.57 Å². The van der Waals surface area contributed by atoms with Crippen molar-refractivity contribution < 1.29 is 9.90 Å². The zero-order valence-electron chi connectivity index (χ0n) is 11.7. The van der Waals surface area contributed by atoms with E-state index in [0.717, 1.165) is 28.7 Å². The molecule has 0 heterocycles. The molecule has 0 bridgehead atoms. The van der Waals surface area contributed by atoms with Gasteiger partial charge in [-0.1, -0.05) is 48.5 Å². The van der Waals surface area contributed by atoms with Gasteiger partial charge in [-0.05, 0) is 23.1 Å². The van der Waals surface area contributed by atoms with Crippen molar-refractivity contribution >= 4 is 11.4 Å². The number of ketones is 1. The summed E-state index contributed by atoms with van der Waals surface area (Å²) in [6.45, 7) is 0.469. The van der Waals surface area contributed by atoms with Crippen LogP contribution in [0.15, 0.2) is 54.7 Å². The van der Waals surface area contributed by atoms with Gasteiger partial charge in [0, 0.05) is 23.9 Å². The van der Waals surface area contributed by atoms with Gasteiger partial charge in [-0.15, -0.1) is 0 Å². The third-order valence-electron chi connectivity index (χ3n) is 3.70. The number of hydrogen-bond donors (Lipinski definition) is 2. The molecular weight excluding hydrogens is 262 g/mol. The minimum absolute atomic E-state index is 0.0287. The average molecular weight is 279 g/mol. The SMILES string of the molecule is O=C1/C(=C/NCCO)c2ccccc2Cc2ccccc21. The lowest BCUT2D eigenvalue weighted by Gasteiger charge is -2.08. The van der Waals surface area contributed by atoms with Gasteiger partial charge in [0.2, 0.25) is 0 Å². The summed E-state index contributed by atoms with van der Waals surface area (Å²) in [5.74, 6) is 0.0287. The van der Waals surface area contributed by atoms with E-state index in [4.69, 9.17) is 5.11 Å². The second kappa shape index (κ2) is 5.94. The molecule has 0 amide bonds. The lowest BCUT2D eigenvalue weighted by Crippen LogP contribution is -2.14. The molecule has 21 heavy (non-hydrogen) atoms. The van der Waals surface area contributed by atoms with Gasteiger partial charge in [0.15, 0.2) is 5.78 Å². The highest BCUT2D eigenvalue weighted by Gasteiger charge is 2.23. The Balaban J connectivity index is 2.14. The van der Waals surface area contributed by atoms with Crippen molar-refractivity contribution in [2.24, 2.45) is 0 Å². The van der Waals surface area contributed by atoms with E-state index in [2.05, 4.69) is 11.4 Å².